The van der Waals surface area contributed by atoms with Gasteiger partial charge in [-0.05, 0) is 97.7 Å². The summed E-state index contributed by atoms with van der Waals surface area (Å²) in [5, 5.41) is 21.9. The van der Waals surface area contributed by atoms with Gasteiger partial charge in [-0.15, -0.1) is 0 Å². The van der Waals surface area contributed by atoms with Gasteiger partial charge in [0, 0.05) is 12.3 Å². The highest BCUT2D eigenvalue weighted by Crippen LogP contribution is 2.82. The lowest BCUT2D eigenvalue weighted by Gasteiger charge is -2.60. The number of allylic oxidation sites excluding steroid dienone is 2. The average Bonchev–Trinajstić information content (AvgIpc) is 3.24. The molecule has 2 heterocycles. The van der Waals surface area contributed by atoms with E-state index in [1.54, 1.807) is 5.57 Å². The zero-order valence-electron chi connectivity index (χ0n) is 22.4. The van der Waals surface area contributed by atoms with Crippen LogP contribution in [0.2, 0.25) is 0 Å². The van der Waals surface area contributed by atoms with E-state index in [1.807, 2.05) is 13.8 Å². The van der Waals surface area contributed by atoms with E-state index in [2.05, 4.69) is 40.7 Å². The maximum Gasteiger partial charge on any atom is 0.173 e. The van der Waals surface area contributed by atoms with Gasteiger partial charge in [0.05, 0.1) is 17.8 Å². The van der Waals surface area contributed by atoms with E-state index in [1.165, 1.54) is 19.3 Å². The molecule has 4 nitrogen and oxygen atoms in total. The second kappa shape index (κ2) is 6.17. The number of hydrogen-bond acceptors (Lipinski definition) is 4. The van der Waals surface area contributed by atoms with Gasteiger partial charge < -0.3 is 19.7 Å². The van der Waals surface area contributed by atoms with E-state index >= 15 is 0 Å². The number of aliphatic hydroxyl groups excluding tert-OH is 1. The third-order valence-corrected chi connectivity index (χ3v) is 13.2. The third-order valence-electron chi connectivity index (χ3n) is 13.2. The van der Waals surface area contributed by atoms with Crippen molar-refractivity contribution in [3.63, 3.8) is 0 Å². The van der Waals surface area contributed by atoms with E-state index in [-0.39, 0.29) is 34.6 Å². The molecular weight excluding hydrogens is 424 g/mol. The van der Waals surface area contributed by atoms with Crippen LogP contribution in [0.5, 0.6) is 0 Å². The zero-order chi connectivity index (χ0) is 24.3. The fourth-order valence-corrected chi connectivity index (χ4v) is 11.6. The van der Waals surface area contributed by atoms with Crippen molar-refractivity contribution in [3.05, 3.63) is 11.6 Å². The molecule has 0 aromatic carbocycles. The average molecular weight is 471 g/mol. The molecule has 4 saturated carbocycles. The van der Waals surface area contributed by atoms with Crippen molar-refractivity contribution >= 4 is 0 Å². The van der Waals surface area contributed by atoms with Crippen LogP contribution in [-0.2, 0) is 9.47 Å². The van der Waals surface area contributed by atoms with Gasteiger partial charge in [-0.1, -0.05) is 46.3 Å². The molecule has 190 valence electrons. The summed E-state index contributed by atoms with van der Waals surface area (Å²) in [4.78, 5) is 0. The molecule has 5 aliphatic carbocycles. The monoisotopic (exact) mass is 470 g/mol. The second-order valence-electron chi connectivity index (χ2n) is 15.4. The van der Waals surface area contributed by atoms with Crippen molar-refractivity contribution in [3.8, 4) is 0 Å². The van der Waals surface area contributed by atoms with Crippen molar-refractivity contribution in [1.82, 2.24) is 0 Å². The molecule has 2 saturated heterocycles. The first-order valence-electron chi connectivity index (χ1n) is 14.2. The molecule has 0 aromatic rings. The lowest BCUT2D eigenvalue weighted by atomic mass is 9.44. The Kier molecular flexibility index (Phi) is 4.13. The Bertz CT molecular complexity index is 963. The first-order valence-corrected chi connectivity index (χ1v) is 14.2. The van der Waals surface area contributed by atoms with Gasteiger partial charge >= 0.3 is 0 Å². The van der Waals surface area contributed by atoms with E-state index in [0.29, 0.717) is 35.0 Å². The maximum atomic E-state index is 11.0. The Morgan fingerprint density at radius 1 is 1.03 bits per heavy atom. The van der Waals surface area contributed by atoms with Crippen LogP contribution in [-0.4, -0.2) is 39.9 Å². The van der Waals surface area contributed by atoms with Crippen molar-refractivity contribution < 1.29 is 19.7 Å². The van der Waals surface area contributed by atoms with Crippen LogP contribution in [0.4, 0.5) is 0 Å². The highest BCUT2D eigenvalue weighted by atomic mass is 16.8. The Morgan fingerprint density at radius 2 is 1.76 bits per heavy atom. The summed E-state index contributed by atoms with van der Waals surface area (Å²) < 4.78 is 13.8. The summed E-state index contributed by atoms with van der Waals surface area (Å²) in [6.07, 6.45) is 10.0. The molecule has 4 heteroatoms. The van der Waals surface area contributed by atoms with Crippen molar-refractivity contribution in [2.45, 2.75) is 123 Å². The molecule has 2 aliphatic heterocycles. The van der Waals surface area contributed by atoms with E-state index in [4.69, 9.17) is 9.47 Å². The summed E-state index contributed by atoms with van der Waals surface area (Å²) in [5.74, 6) is 2.19. The number of rotatable bonds is 1. The van der Waals surface area contributed by atoms with Crippen molar-refractivity contribution in [2.24, 2.45) is 51.2 Å². The Hall–Kier alpha value is -0.420. The van der Waals surface area contributed by atoms with Gasteiger partial charge in [0.25, 0.3) is 0 Å². The van der Waals surface area contributed by atoms with Gasteiger partial charge in [-0.25, -0.2) is 0 Å². The minimum Gasteiger partial charge on any atom is -0.393 e. The van der Waals surface area contributed by atoms with E-state index in [9.17, 15) is 10.2 Å². The fourth-order valence-electron chi connectivity index (χ4n) is 11.6. The largest absolute Gasteiger partial charge is 0.393 e. The molecule has 0 radical (unpaired) electrons. The quantitative estimate of drug-likeness (QED) is 0.500. The molecule has 6 fully saturated rings. The number of hydrogen-bond donors (Lipinski definition) is 2. The minimum absolute atomic E-state index is 0.00214. The predicted octanol–water partition coefficient (Wildman–Crippen LogP) is 5.46. The lowest BCUT2D eigenvalue weighted by Crippen LogP contribution is -2.55. The molecule has 2 bridgehead atoms. The highest BCUT2D eigenvalue weighted by Gasteiger charge is 2.79. The molecule has 0 amide bonds. The first-order chi connectivity index (χ1) is 15.7. The van der Waals surface area contributed by atoms with Crippen LogP contribution in [0.25, 0.3) is 0 Å². The van der Waals surface area contributed by atoms with Crippen LogP contribution < -0.4 is 0 Å². The van der Waals surface area contributed by atoms with Crippen LogP contribution in [0.15, 0.2) is 11.6 Å². The molecular formula is C30H46O4. The molecule has 12 atom stereocenters. The standard InChI is InChI=1S/C30H46O4/c1-16-12-20-24(26(4,5)32)34-30(33-20)15-28(7)18-8-9-21-25(2,3)22(31)13-17-14-29(17,21)19(18)10-11-27(28,6)23(16)30/h10,16-18,20-24,31-32H,8-9,11-15H2,1-7H3. The Morgan fingerprint density at radius 3 is 2.47 bits per heavy atom. The molecule has 7 aliphatic rings. The van der Waals surface area contributed by atoms with Crippen LogP contribution >= 0.6 is 0 Å². The van der Waals surface area contributed by atoms with E-state index in [0.717, 1.165) is 25.7 Å². The maximum absolute atomic E-state index is 11.0. The van der Waals surface area contributed by atoms with Gasteiger partial charge in [0.1, 0.15) is 6.10 Å². The molecule has 34 heavy (non-hydrogen) atoms. The van der Waals surface area contributed by atoms with Gasteiger partial charge in [-0.3, -0.25) is 0 Å². The number of fused-ring (bicyclic) bond motifs is 5. The highest BCUT2D eigenvalue weighted by molar-refractivity contribution is 5.40. The van der Waals surface area contributed by atoms with Crippen LogP contribution in [0, 0.1) is 51.2 Å². The Labute approximate surface area is 205 Å². The summed E-state index contributed by atoms with van der Waals surface area (Å²) in [6, 6.07) is 0. The molecule has 2 N–H and O–H groups in total. The molecule has 12 unspecified atom stereocenters. The smallest absolute Gasteiger partial charge is 0.173 e. The fraction of sp³-hybridized carbons (Fsp3) is 0.933. The SMILES string of the molecule is CC1CC2OC3(CC4(C)C5CCC6C(C)(C)C(O)CC7CC76C5=CCC4(C)C13)OC2C(C)(C)O. The van der Waals surface area contributed by atoms with Gasteiger partial charge in [0.15, 0.2) is 5.79 Å². The molecule has 7 rings (SSSR count). The predicted molar refractivity (Wildman–Crippen MR) is 131 cm³/mol. The normalized spacial score (nSPS) is 60.9. The zero-order valence-corrected chi connectivity index (χ0v) is 22.4. The summed E-state index contributed by atoms with van der Waals surface area (Å²) in [7, 11) is 0. The number of ether oxygens (including phenoxy) is 2. The summed E-state index contributed by atoms with van der Waals surface area (Å²) in [5.41, 5.74) is 1.47. The summed E-state index contributed by atoms with van der Waals surface area (Å²) >= 11 is 0. The molecule has 2 spiro atoms. The van der Waals surface area contributed by atoms with Crippen LogP contribution in [0.1, 0.15) is 93.4 Å². The van der Waals surface area contributed by atoms with Crippen molar-refractivity contribution in [1.29, 1.82) is 0 Å². The van der Waals surface area contributed by atoms with Crippen LogP contribution in [0.3, 0.4) is 0 Å². The topological polar surface area (TPSA) is 58.9 Å². The van der Waals surface area contributed by atoms with E-state index < -0.39 is 11.4 Å². The second-order valence-corrected chi connectivity index (χ2v) is 15.4. The third kappa shape index (κ3) is 2.33. The lowest BCUT2D eigenvalue weighted by molar-refractivity contribution is -0.244. The minimum atomic E-state index is -0.894. The number of aliphatic hydroxyl groups is 2. The van der Waals surface area contributed by atoms with Gasteiger partial charge in [-0.2, -0.15) is 0 Å². The van der Waals surface area contributed by atoms with Crippen molar-refractivity contribution in [2.75, 3.05) is 0 Å². The Balaban J connectivity index is 1.30. The molecule has 0 aromatic heterocycles. The van der Waals surface area contributed by atoms with Gasteiger partial charge in [0.2, 0.25) is 0 Å². The first kappa shape index (κ1) is 22.8. The summed E-state index contributed by atoms with van der Waals surface area (Å²) in [6.45, 7) is 16.0.